The molecule has 0 aliphatic carbocycles. The smallest absolute Gasteiger partial charge is 0.130 e. The maximum Gasteiger partial charge on any atom is 0.130 e. The quantitative estimate of drug-likeness (QED) is 0.822. The van der Waals surface area contributed by atoms with Crippen LogP contribution in [0.5, 0.6) is 5.75 Å². The predicted octanol–water partition coefficient (Wildman–Crippen LogP) is 2.93. The van der Waals surface area contributed by atoms with E-state index in [-0.39, 0.29) is 0 Å². The number of halogens is 1. The van der Waals surface area contributed by atoms with Crippen molar-refractivity contribution in [1.29, 1.82) is 0 Å². The number of benzene rings is 1. The Bertz CT molecular complexity index is 359. The molecule has 1 aliphatic heterocycles. The highest BCUT2D eigenvalue weighted by Crippen LogP contribution is 2.34. The van der Waals surface area contributed by atoms with E-state index < -0.39 is 0 Å². The van der Waals surface area contributed by atoms with Crippen LogP contribution in [0.25, 0.3) is 0 Å². The molecule has 15 heavy (non-hydrogen) atoms. The fraction of sp³-hybridized carbons (Fsp3) is 0.500. The predicted molar refractivity (Wildman–Crippen MR) is 65.4 cm³/mol. The average Bonchev–Trinajstić information content (AvgIpc) is 2.25. The number of hydrogen-bond donors (Lipinski definition) is 2. The fourth-order valence-corrected chi connectivity index (χ4v) is 2.62. The van der Waals surface area contributed by atoms with E-state index in [1.807, 2.05) is 6.07 Å². The van der Waals surface area contributed by atoms with Gasteiger partial charge in [-0.3, -0.25) is 0 Å². The normalized spacial score (nSPS) is 18.0. The van der Waals surface area contributed by atoms with Crippen molar-refractivity contribution in [2.75, 3.05) is 13.1 Å². The number of rotatable bonds is 1. The molecule has 0 amide bonds. The van der Waals surface area contributed by atoms with Crippen LogP contribution in [-0.2, 0) is 0 Å². The first kappa shape index (κ1) is 11.0. The molecule has 0 saturated carbocycles. The van der Waals surface area contributed by atoms with Crippen LogP contribution in [0.3, 0.4) is 0 Å². The Morgan fingerprint density at radius 1 is 1.33 bits per heavy atom. The van der Waals surface area contributed by atoms with Gasteiger partial charge < -0.3 is 10.4 Å². The maximum absolute atomic E-state index is 9.56. The lowest BCUT2D eigenvalue weighted by Gasteiger charge is -2.24. The minimum atomic E-state index is 0.338. The Labute approximate surface area is 98.8 Å². The van der Waals surface area contributed by atoms with Gasteiger partial charge in [0.05, 0.1) is 4.47 Å². The van der Waals surface area contributed by atoms with Crippen LogP contribution in [0.4, 0.5) is 0 Å². The van der Waals surface area contributed by atoms with Gasteiger partial charge in [0, 0.05) is 0 Å². The summed E-state index contributed by atoms with van der Waals surface area (Å²) in [5, 5.41) is 12.9. The third kappa shape index (κ3) is 2.34. The average molecular weight is 270 g/mol. The summed E-state index contributed by atoms with van der Waals surface area (Å²) in [5.74, 6) is 0.980. The van der Waals surface area contributed by atoms with Crippen LogP contribution in [0.2, 0.25) is 0 Å². The molecule has 0 atom stereocenters. The van der Waals surface area contributed by atoms with Gasteiger partial charge in [0.1, 0.15) is 5.75 Å². The molecular formula is C12H16BrNO. The van der Waals surface area contributed by atoms with Crippen LogP contribution >= 0.6 is 15.9 Å². The first-order valence-electron chi connectivity index (χ1n) is 5.38. The van der Waals surface area contributed by atoms with Gasteiger partial charge >= 0.3 is 0 Å². The SMILES string of the molecule is Cc1cc(O)c(Br)cc1C1CCNCC1. The second-order valence-corrected chi connectivity index (χ2v) is 5.04. The molecule has 1 heterocycles. The number of aryl methyl sites for hydroxylation is 1. The van der Waals surface area contributed by atoms with Gasteiger partial charge in [0.2, 0.25) is 0 Å². The molecule has 3 heteroatoms. The van der Waals surface area contributed by atoms with E-state index in [0.29, 0.717) is 11.7 Å². The van der Waals surface area contributed by atoms with Crippen LogP contribution in [0.1, 0.15) is 29.9 Å². The van der Waals surface area contributed by atoms with Crippen molar-refractivity contribution < 1.29 is 5.11 Å². The highest BCUT2D eigenvalue weighted by atomic mass is 79.9. The van der Waals surface area contributed by atoms with E-state index >= 15 is 0 Å². The van der Waals surface area contributed by atoms with E-state index in [0.717, 1.165) is 17.6 Å². The summed E-state index contributed by atoms with van der Waals surface area (Å²) in [6.07, 6.45) is 2.39. The molecule has 1 aromatic carbocycles. The molecule has 0 radical (unpaired) electrons. The molecule has 1 aliphatic rings. The zero-order chi connectivity index (χ0) is 10.8. The Morgan fingerprint density at radius 2 is 2.00 bits per heavy atom. The fourth-order valence-electron chi connectivity index (χ4n) is 2.25. The van der Waals surface area contributed by atoms with Gasteiger partial charge in [0.25, 0.3) is 0 Å². The standard InChI is InChI=1S/C12H16BrNO/c1-8-6-12(15)11(13)7-10(8)9-2-4-14-5-3-9/h6-7,9,14-15H,2-5H2,1H3. The van der Waals surface area contributed by atoms with Gasteiger partial charge in [-0.05, 0) is 78.0 Å². The summed E-state index contributed by atoms with van der Waals surface area (Å²) in [5.41, 5.74) is 2.57. The van der Waals surface area contributed by atoms with Crippen molar-refractivity contribution >= 4 is 15.9 Å². The third-order valence-electron chi connectivity index (χ3n) is 3.11. The highest BCUT2D eigenvalue weighted by molar-refractivity contribution is 9.10. The molecule has 1 saturated heterocycles. The van der Waals surface area contributed by atoms with Crippen LogP contribution in [0.15, 0.2) is 16.6 Å². The number of nitrogens with one attached hydrogen (secondary N) is 1. The van der Waals surface area contributed by atoms with E-state index in [4.69, 9.17) is 0 Å². The Balaban J connectivity index is 2.30. The summed E-state index contributed by atoms with van der Waals surface area (Å²) < 4.78 is 0.807. The summed E-state index contributed by atoms with van der Waals surface area (Å²) in [6.45, 7) is 4.27. The summed E-state index contributed by atoms with van der Waals surface area (Å²) in [4.78, 5) is 0. The van der Waals surface area contributed by atoms with Crippen LogP contribution < -0.4 is 5.32 Å². The van der Waals surface area contributed by atoms with Crippen molar-refractivity contribution in [1.82, 2.24) is 5.32 Å². The van der Waals surface area contributed by atoms with Crippen molar-refractivity contribution in [2.24, 2.45) is 0 Å². The molecule has 2 rings (SSSR count). The molecule has 2 nitrogen and oxygen atoms in total. The molecule has 0 unspecified atom stereocenters. The van der Waals surface area contributed by atoms with Crippen molar-refractivity contribution in [3.63, 3.8) is 0 Å². The van der Waals surface area contributed by atoms with Gasteiger partial charge in [-0.2, -0.15) is 0 Å². The van der Waals surface area contributed by atoms with Crippen LogP contribution in [-0.4, -0.2) is 18.2 Å². The lowest BCUT2D eigenvalue weighted by molar-refractivity contribution is 0.454. The number of phenols is 1. The Morgan fingerprint density at radius 3 is 2.67 bits per heavy atom. The Kier molecular flexibility index (Phi) is 3.32. The van der Waals surface area contributed by atoms with Gasteiger partial charge in [-0.15, -0.1) is 0 Å². The second kappa shape index (κ2) is 4.54. The zero-order valence-corrected chi connectivity index (χ0v) is 10.5. The first-order chi connectivity index (χ1) is 7.18. The summed E-state index contributed by atoms with van der Waals surface area (Å²) in [6, 6.07) is 3.92. The minimum Gasteiger partial charge on any atom is -0.507 e. The third-order valence-corrected chi connectivity index (χ3v) is 3.75. The summed E-state index contributed by atoms with van der Waals surface area (Å²) in [7, 11) is 0. The monoisotopic (exact) mass is 269 g/mol. The van der Waals surface area contributed by atoms with Gasteiger partial charge in [0.15, 0.2) is 0 Å². The van der Waals surface area contributed by atoms with Crippen molar-refractivity contribution in [3.05, 3.63) is 27.7 Å². The Hall–Kier alpha value is -0.540. The van der Waals surface area contributed by atoms with E-state index in [2.05, 4.69) is 34.2 Å². The molecule has 2 N–H and O–H groups in total. The molecule has 82 valence electrons. The maximum atomic E-state index is 9.56. The second-order valence-electron chi connectivity index (χ2n) is 4.18. The van der Waals surface area contributed by atoms with E-state index in [1.165, 1.54) is 24.0 Å². The lowest BCUT2D eigenvalue weighted by Crippen LogP contribution is -2.26. The van der Waals surface area contributed by atoms with Crippen LogP contribution in [0, 0.1) is 6.92 Å². The number of phenolic OH excluding ortho intramolecular Hbond substituents is 1. The van der Waals surface area contributed by atoms with Gasteiger partial charge in [-0.25, -0.2) is 0 Å². The van der Waals surface area contributed by atoms with Crippen molar-refractivity contribution in [2.45, 2.75) is 25.7 Å². The van der Waals surface area contributed by atoms with E-state index in [9.17, 15) is 5.11 Å². The molecular weight excluding hydrogens is 254 g/mol. The zero-order valence-electron chi connectivity index (χ0n) is 8.89. The topological polar surface area (TPSA) is 32.3 Å². The molecule has 0 bridgehead atoms. The largest absolute Gasteiger partial charge is 0.507 e. The summed E-state index contributed by atoms with van der Waals surface area (Å²) >= 11 is 3.38. The minimum absolute atomic E-state index is 0.338. The molecule has 1 fully saturated rings. The molecule has 0 aromatic heterocycles. The lowest BCUT2D eigenvalue weighted by atomic mass is 9.87. The number of aromatic hydroxyl groups is 1. The molecule has 0 spiro atoms. The first-order valence-corrected chi connectivity index (χ1v) is 6.17. The number of piperidine rings is 1. The van der Waals surface area contributed by atoms with Crippen molar-refractivity contribution in [3.8, 4) is 5.75 Å². The van der Waals surface area contributed by atoms with Gasteiger partial charge in [-0.1, -0.05) is 0 Å². The molecule has 1 aromatic rings. The van der Waals surface area contributed by atoms with E-state index in [1.54, 1.807) is 0 Å². The highest BCUT2D eigenvalue weighted by Gasteiger charge is 2.18. The number of hydrogen-bond acceptors (Lipinski definition) is 2.